The summed E-state index contributed by atoms with van der Waals surface area (Å²) in [5, 5.41) is 19.3. The molecule has 6 N–H and O–H groups in total. The van der Waals surface area contributed by atoms with Gasteiger partial charge in [-0.2, -0.15) is 0 Å². The number of aliphatic hydroxyl groups is 1. The van der Waals surface area contributed by atoms with Crippen LogP contribution in [0.4, 0.5) is 4.79 Å². The van der Waals surface area contributed by atoms with Gasteiger partial charge in [0.25, 0.3) is 0 Å². The van der Waals surface area contributed by atoms with E-state index in [1.54, 1.807) is 27.0 Å². The predicted octanol–water partition coefficient (Wildman–Crippen LogP) is 1.94. The van der Waals surface area contributed by atoms with Crippen molar-refractivity contribution in [3.05, 3.63) is 54.1 Å². The first-order chi connectivity index (χ1) is 21.2. The number of H-pyrrole nitrogens is 1. The van der Waals surface area contributed by atoms with Crippen LogP contribution < -0.4 is 20.7 Å². The first kappa shape index (κ1) is 36.0. The van der Waals surface area contributed by atoms with Gasteiger partial charge in [0, 0.05) is 25.6 Å². The van der Waals surface area contributed by atoms with Crippen molar-refractivity contribution < 1.29 is 32.6 Å². The van der Waals surface area contributed by atoms with Crippen LogP contribution in [0.2, 0.25) is 0 Å². The highest BCUT2D eigenvalue weighted by molar-refractivity contribution is 7.88. The van der Waals surface area contributed by atoms with Crippen LogP contribution in [0.25, 0.3) is 0 Å². The monoisotopic (exact) mass is 648 g/mol. The highest BCUT2D eigenvalue weighted by atomic mass is 32.2. The normalized spacial score (nSPS) is 17.0. The van der Waals surface area contributed by atoms with Gasteiger partial charge in [0.1, 0.15) is 17.7 Å². The number of nitrogens with zero attached hydrogens (tertiary/aromatic N) is 1. The third-order valence-corrected chi connectivity index (χ3v) is 8.24. The Kier molecular flexibility index (Phi) is 13.4. The number of aromatic amines is 1. The Morgan fingerprint density at radius 1 is 1.00 bits per heavy atom. The van der Waals surface area contributed by atoms with Gasteiger partial charge in [0.2, 0.25) is 21.8 Å². The molecule has 1 fully saturated rings. The van der Waals surface area contributed by atoms with Gasteiger partial charge in [-0.25, -0.2) is 22.9 Å². The van der Waals surface area contributed by atoms with Crippen LogP contribution >= 0.6 is 0 Å². The summed E-state index contributed by atoms with van der Waals surface area (Å²) in [4.78, 5) is 47.3. The molecule has 0 saturated heterocycles. The summed E-state index contributed by atoms with van der Waals surface area (Å²) in [6.07, 6.45) is 7.84. The smallest absolute Gasteiger partial charge is 0.408 e. The van der Waals surface area contributed by atoms with E-state index in [0.29, 0.717) is 12.1 Å². The first-order valence-electron chi connectivity index (χ1n) is 15.4. The summed E-state index contributed by atoms with van der Waals surface area (Å²) >= 11 is 0. The molecule has 1 aliphatic carbocycles. The van der Waals surface area contributed by atoms with Crippen LogP contribution in [0.1, 0.15) is 70.6 Å². The topological polar surface area (TPSA) is 192 Å². The molecule has 0 spiro atoms. The Balaban J connectivity index is 1.82. The number of hydrogen-bond donors (Lipinski definition) is 6. The molecule has 14 heteroatoms. The molecule has 2 aromatic rings. The second-order valence-electron chi connectivity index (χ2n) is 12.8. The number of amides is 3. The van der Waals surface area contributed by atoms with Crippen molar-refractivity contribution in [2.24, 2.45) is 5.92 Å². The van der Waals surface area contributed by atoms with E-state index in [1.807, 2.05) is 30.3 Å². The van der Waals surface area contributed by atoms with E-state index in [9.17, 15) is 27.9 Å². The molecule has 0 bridgehead atoms. The summed E-state index contributed by atoms with van der Waals surface area (Å²) in [7, 11) is -3.57. The van der Waals surface area contributed by atoms with Gasteiger partial charge in [-0.3, -0.25) is 9.59 Å². The van der Waals surface area contributed by atoms with Gasteiger partial charge in [-0.05, 0) is 38.7 Å². The minimum atomic E-state index is -3.57. The Morgan fingerprint density at radius 2 is 1.64 bits per heavy atom. The number of rotatable bonds is 15. The predicted molar refractivity (Wildman–Crippen MR) is 170 cm³/mol. The van der Waals surface area contributed by atoms with E-state index in [1.165, 1.54) is 6.33 Å². The van der Waals surface area contributed by atoms with Crippen LogP contribution in [0.3, 0.4) is 0 Å². The molecule has 0 unspecified atom stereocenters. The molecule has 3 amide bonds. The zero-order valence-electron chi connectivity index (χ0n) is 26.5. The molecule has 0 aliphatic heterocycles. The Bertz CT molecular complexity index is 1330. The maximum absolute atomic E-state index is 13.8. The highest BCUT2D eigenvalue weighted by Gasteiger charge is 2.33. The fraction of sp³-hybridized carbons (Fsp3) is 0.613. The zero-order valence-corrected chi connectivity index (χ0v) is 27.4. The number of ether oxygens (including phenoxy) is 1. The highest BCUT2D eigenvalue weighted by Crippen LogP contribution is 2.28. The molecule has 0 radical (unpaired) electrons. The van der Waals surface area contributed by atoms with E-state index >= 15 is 0 Å². The third kappa shape index (κ3) is 13.6. The average molecular weight is 649 g/mol. The van der Waals surface area contributed by atoms with Gasteiger partial charge >= 0.3 is 6.09 Å². The van der Waals surface area contributed by atoms with Gasteiger partial charge in [0.05, 0.1) is 30.4 Å². The maximum Gasteiger partial charge on any atom is 0.408 e. The lowest BCUT2D eigenvalue weighted by molar-refractivity contribution is -0.131. The van der Waals surface area contributed by atoms with E-state index < -0.39 is 57.8 Å². The van der Waals surface area contributed by atoms with Gasteiger partial charge in [-0.15, -0.1) is 0 Å². The maximum atomic E-state index is 13.8. The summed E-state index contributed by atoms with van der Waals surface area (Å²) in [5.74, 6) is -0.922. The molecule has 1 aromatic heterocycles. The quantitative estimate of drug-likeness (QED) is 0.169. The first-order valence-corrected chi connectivity index (χ1v) is 17.3. The standard InChI is InChI=1S/C31H48N6O7S/c1-31(2,3)44-30(41)37-25(16-22-13-9-6-10-14-22)28(39)36-26(17-23-18-32-20-33-23)29(40)35-24(15-21-11-7-5-8-12-21)27(38)19-34-45(4,42)43/h6,9-10,13-14,18,20-21,24-27,34,38H,5,7-8,11-12,15-17,19H2,1-4H3,(H,32,33)(H,35,40)(H,36,39)(H,37,41)/t24-,25-,26-,27-/m0/s1. The number of hydrogen-bond acceptors (Lipinski definition) is 8. The molecule has 1 aliphatic rings. The molecule has 13 nitrogen and oxygen atoms in total. The minimum Gasteiger partial charge on any atom is -0.444 e. The van der Waals surface area contributed by atoms with E-state index in [0.717, 1.165) is 43.9 Å². The number of benzene rings is 1. The van der Waals surface area contributed by atoms with Gasteiger partial charge in [-0.1, -0.05) is 62.4 Å². The molecule has 1 aromatic carbocycles. The number of aliphatic hydroxyl groups excluding tert-OH is 1. The lowest BCUT2D eigenvalue weighted by atomic mass is 9.83. The second-order valence-corrected chi connectivity index (χ2v) is 14.6. The van der Waals surface area contributed by atoms with Crippen molar-refractivity contribution in [3.8, 4) is 0 Å². The lowest BCUT2D eigenvalue weighted by Crippen LogP contribution is -2.58. The Morgan fingerprint density at radius 3 is 2.24 bits per heavy atom. The van der Waals surface area contributed by atoms with Crippen molar-refractivity contribution in [1.82, 2.24) is 30.6 Å². The zero-order chi connectivity index (χ0) is 33.0. The number of sulfonamides is 1. The van der Waals surface area contributed by atoms with Crippen molar-refractivity contribution in [3.63, 3.8) is 0 Å². The molecule has 1 heterocycles. The lowest BCUT2D eigenvalue weighted by Gasteiger charge is -2.31. The molecule has 45 heavy (non-hydrogen) atoms. The number of aromatic nitrogens is 2. The number of alkyl carbamates (subject to hydrolysis) is 1. The van der Waals surface area contributed by atoms with Crippen LogP contribution in [0.15, 0.2) is 42.9 Å². The third-order valence-electron chi connectivity index (χ3n) is 7.55. The van der Waals surface area contributed by atoms with Crippen LogP contribution in [0, 0.1) is 5.92 Å². The van der Waals surface area contributed by atoms with Crippen LogP contribution in [-0.2, 0) is 37.2 Å². The summed E-state index contributed by atoms with van der Waals surface area (Å²) in [6, 6.07) is 6.17. The summed E-state index contributed by atoms with van der Waals surface area (Å²) < 4.78 is 31.1. The van der Waals surface area contributed by atoms with Crippen LogP contribution in [0.5, 0.6) is 0 Å². The van der Waals surface area contributed by atoms with Gasteiger partial charge < -0.3 is 30.8 Å². The SMILES string of the molecule is CC(C)(C)OC(=O)N[C@@H](Cc1ccccc1)C(=O)N[C@@H](Cc1c[nH]cn1)C(=O)N[C@@H](CC1CCCCC1)[C@@H](O)CNS(C)(=O)=O. The fourth-order valence-corrected chi connectivity index (χ4v) is 5.83. The number of carbonyl (C=O) groups excluding carboxylic acids is 3. The molecule has 3 rings (SSSR count). The molecule has 4 atom stereocenters. The van der Waals surface area contributed by atoms with Gasteiger partial charge in [0.15, 0.2) is 0 Å². The minimum absolute atomic E-state index is 0.0272. The van der Waals surface area contributed by atoms with Crippen molar-refractivity contribution in [2.75, 3.05) is 12.8 Å². The van der Waals surface area contributed by atoms with E-state index in [2.05, 4.69) is 30.6 Å². The molecule has 250 valence electrons. The summed E-state index contributed by atoms with van der Waals surface area (Å²) in [6.45, 7) is 4.87. The molecule has 1 saturated carbocycles. The second kappa shape index (κ2) is 16.7. The van der Waals surface area contributed by atoms with Crippen molar-refractivity contribution in [2.45, 2.75) is 102 Å². The largest absolute Gasteiger partial charge is 0.444 e. The summed E-state index contributed by atoms with van der Waals surface area (Å²) in [5.41, 5.74) is 0.509. The number of carbonyl (C=O) groups is 3. The van der Waals surface area contributed by atoms with E-state index in [4.69, 9.17) is 4.74 Å². The number of nitrogens with one attached hydrogen (secondary N) is 5. The van der Waals surface area contributed by atoms with E-state index in [-0.39, 0.29) is 25.3 Å². The number of imidazole rings is 1. The Labute approximate surface area is 265 Å². The fourth-order valence-electron chi connectivity index (χ4n) is 5.36. The molecular weight excluding hydrogens is 600 g/mol. The average Bonchev–Trinajstić information content (AvgIpc) is 3.48. The van der Waals surface area contributed by atoms with Crippen LogP contribution in [-0.4, -0.2) is 84.0 Å². The van der Waals surface area contributed by atoms with Crippen molar-refractivity contribution in [1.29, 1.82) is 0 Å². The Hall–Kier alpha value is -3.49. The molecular formula is C31H48N6O7S. The van der Waals surface area contributed by atoms with Crippen molar-refractivity contribution >= 4 is 27.9 Å².